The van der Waals surface area contributed by atoms with Crippen molar-refractivity contribution in [1.82, 2.24) is 0 Å². The van der Waals surface area contributed by atoms with E-state index >= 15 is 0 Å². The van der Waals surface area contributed by atoms with Crippen molar-refractivity contribution >= 4 is 16.7 Å². The van der Waals surface area contributed by atoms with E-state index in [9.17, 15) is 4.79 Å². The van der Waals surface area contributed by atoms with E-state index in [1.807, 2.05) is 13.8 Å². The zero-order chi connectivity index (χ0) is 19.2. The van der Waals surface area contributed by atoms with Gasteiger partial charge in [0.25, 0.3) is 0 Å². The van der Waals surface area contributed by atoms with Crippen LogP contribution in [0.2, 0.25) is 0 Å². The van der Waals surface area contributed by atoms with Crippen LogP contribution in [0.5, 0.6) is 0 Å². The van der Waals surface area contributed by atoms with E-state index in [1.54, 1.807) is 6.08 Å². The molecule has 26 heavy (non-hydrogen) atoms. The molecule has 2 nitrogen and oxygen atoms in total. The van der Waals surface area contributed by atoms with Crippen molar-refractivity contribution in [3.05, 3.63) is 60.7 Å². The van der Waals surface area contributed by atoms with Crippen LogP contribution in [0.4, 0.5) is 0 Å². The molecule has 1 fully saturated rings. The van der Waals surface area contributed by atoms with Crippen molar-refractivity contribution in [3.63, 3.8) is 0 Å². The summed E-state index contributed by atoms with van der Waals surface area (Å²) in [5.41, 5.74) is 1.48. The first-order valence-corrected chi connectivity index (χ1v) is 9.81. The monoisotopic (exact) mass is 354 g/mol. The molecule has 2 aromatic carbocycles. The molecular formula is C24H34O2. The predicted molar refractivity (Wildman–Crippen MR) is 112 cm³/mol. The number of benzene rings is 2. The number of cyclic esters (lactones) is 1. The minimum Gasteiger partial charge on any atom is -0.465 e. The Bertz CT molecular complexity index is 660. The molecule has 2 aromatic rings. The Morgan fingerprint density at radius 2 is 1.81 bits per heavy atom. The molecule has 142 valence electrons. The molecule has 1 unspecified atom stereocenters. The summed E-state index contributed by atoms with van der Waals surface area (Å²) in [7, 11) is 0. The van der Waals surface area contributed by atoms with Gasteiger partial charge in [-0.3, -0.25) is 4.79 Å². The van der Waals surface area contributed by atoms with Crippen molar-refractivity contribution < 1.29 is 9.53 Å². The van der Waals surface area contributed by atoms with Gasteiger partial charge in [0, 0.05) is 5.92 Å². The summed E-state index contributed by atoms with van der Waals surface area (Å²) in [6, 6.07) is 15.4. The SMILES string of the molecule is C=CC.CC1COC(=O)C1.CCCCCCc1ccc2ccccc2c1. The van der Waals surface area contributed by atoms with Crippen LogP contribution in [0.1, 0.15) is 58.4 Å². The molecule has 0 aliphatic carbocycles. The number of carbonyl (C=O) groups excluding carboxylic acids is 1. The second-order valence-corrected chi connectivity index (χ2v) is 6.89. The number of aryl methyl sites for hydroxylation is 1. The Morgan fingerprint density at radius 1 is 1.12 bits per heavy atom. The fourth-order valence-electron chi connectivity index (χ4n) is 2.79. The predicted octanol–water partition coefficient (Wildman–Crippen LogP) is 6.72. The van der Waals surface area contributed by atoms with Gasteiger partial charge in [-0.1, -0.05) is 81.7 Å². The quantitative estimate of drug-likeness (QED) is 0.338. The number of allylic oxidation sites excluding steroid dienone is 1. The van der Waals surface area contributed by atoms with Gasteiger partial charge >= 0.3 is 5.97 Å². The Hall–Kier alpha value is -2.09. The van der Waals surface area contributed by atoms with Crippen LogP contribution in [0, 0.1) is 5.92 Å². The van der Waals surface area contributed by atoms with Crippen LogP contribution >= 0.6 is 0 Å². The summed E-state index contributed by atoms with van der Waals surface area (Å²) in [5.74, 6) is 0.403. The standard InChI is InChI=1S/C16H20.C5H8O2.C3H6/c1-2-3-4-5-8-14-11-12-15-9-6-7-10-16(15)13-14;1-4-2-5(6)7-3-4;1-3-2/h6-7,9-13H,2-5,8H2,1H3;4H,2-3H2,1H3;3H,1H2,2H3. The highest BCUT2D eigenvalue weighted by Crippen LogP contribution is 2.17. The number of hydrogen-bond acceptors (Lipinski definition) is 2. The van der Waals surface area contributed by atoms with Crippen LogP contribution in [0.25, 0.3) is 10.8 Å². The number of rotatable bonds is 5. The second-order valence-electron chi connectivity index (χ2n) is 6.89. The van der Waals surface area contributed by atoms with Gasteiger partial charge in [-0.2, -0.15) is 0 Å². The molecule has 0 amide bonds. The number of fused-ring (bicyclic) bond motifs is 1. The van der Waals surface area contributed by atoms with Crippen LogP contribution in [-0.2, 0) is 16.0 Å². The van der Waals surface area contributed by atoms with Gasteiger partial charge < -0.3 is 4.74 Å². The molecule has 1 atom stereocenters. The minimum absolute atomic E-state index is 0.0486. The largest absolute Gasteiger partial charge is 0.465 e. The summed E-state index contributed by atoms with van der Waals surface area (Å²) in [6.45, 7) is 10.1. The molecule has 0 bridgehead atoms. The van der Waals surface area contributed by atoms with Crippen molar-refractivity contribution in [3.8, 4) is 0 Å². The Morgan fingerprint density at radius 3 is 2.35 bits per heavy atom. The number of carbonyl (C=O) groups is 1. The zero-order valence-electron chi connectivity index (χ0n) is 16.7. The fourth-order valence-corrected chi connectivity index (χ4v) is 2.79. The highest BCUT2D eigenvalue weighted by atomic mass is 16.5. The van der Waals surface area contributed by atoms with E-state index in [-0.39, 0.29) is 5.97 Å². The van der Waals surface area contributed by atoms with Crippen LogP contribution in [-0.4, -0.2) is 12.6 Å². The third kappa shape index (κ3) is 8.84. The van der Waals surface area contributed by atoms with Crippen LogP contribution < -0.4 is 0 Å². The first-order chi connectivity index (χ1) is 12.6. The topological polar surface area (TPSA) is 26.3 Å². The lowest BCUT2D eigenvalue weighted by Gasteiger charge is -2.03. The average molecular weight is 355 g/mol. The normalized spacial score (nSPS) is 15.3. The maximum atomic E-state index is 10.2. The third-order valence-electron chi connectivity index (χ3n) is 4.18. The number of ether oxygens (including phenoxy) is 1. The van der Waals surface area contributed by atoms with E-state index in [4.69, 9.17) is 0 Å². The Balaban J connectivity index is 0.000000280. The molecular weight excluding hydrogens is 320 g/mol. The number of hydrogen-bond donors (Lipinski definition) is 0. The second kappa shape index (κ2) is 13.2. The zero-order valence-corrected chi connectivity index (χ0v) is 16.7. The minimum atomic E-state index is -0.0486. The molecule has 1 aliphatic rings. The highest BCUT2D eigenvalue weighted by Gasteiger charge is 2.18. The van der Waals surface area contributed by atoms with Gasteiger partial charge in [-0.15, -0.1) is 6.58 Å². The molecule has 0 aromatic heterocycles. The molecule has 0 saturated carbocycles. The molecule has 1 heterocycles. The van der Waals surface area contributed by atoms with E-state index < -0.39 is 0 Å². The van der Waals surface area contributed by atoms with E-state index in [2.05, 4.69) is 60.7 Å². The van der Waals surface area contributed by atoms with Gasteiger partial charge in [0.2, 0.25) is 0 Å². The van der Waals surface area contributed by atoms with Crippen LogP contribution in [0.15, 0.2) is 55.1 Å². The lowest BCUT2D eigenvalue weighted by atomic mass is 10.0. The molecule has 0 spiro atoms. The first kappa shape index (κ1) is 22.0. The van der Waals surface area contributed by atoms with Gasteiger partial charge in [-0.25, -0.2) is 0 Å². The smallest absolute Gasteiger partial charge is 0.306 e. The van der Waals surface area contributed by atoms with E-state index in [1.165, 1.54) is 48.4 Å². The molecule has 1 aliphatic heterocycles. The van der Waals surface area contributed by atoms with Gasteiger partial charge in [-0.05, 0) is 36.1 Å². The lowest BCUT2D eigenvalue weighted by molar-refractivity contribution is -0.137. The third-order valence-corrected chi connectivity index (χ3v) is 4.18. The maximum absolute atomic E-state index is 10.2. The molecule has 1 saturated heterocycles. The van der Waals surface area contributed by atoms with Crippen molar-refractivity contribution in [1.29, 1.82) is 0 Å². The summed E-state index contributed by atoms with van der Waals surface area (Å²) in [6.07, 6.45) is 8.96. The highest BCUT2D eigenvalue weighted by molar-refractivity contribution is 5.82. The summed E-state index contributed by atoms with van der Waals surface area (Å²) < 4.78 is 4.63. The van der Waals surface area contributed by atoms with Crippen molar-refractivity contribution in [2.45, 2.75) is 59.3 Å². The number of unbranched alkanes of at least 4 members (excludes halogenated alkanes) is 3. The molecule has 0 radical (unpaired) electrons. The summed E-state index contributed by atoms with van der Waals surface area (Å²) in [4.78, 5) is 10.2. The maximum Gasteiger partial charge on any atom is 0.306 e. The fraction of sp³-hybridized carbons (Fsp3) is 0.458. The Labute approximate surface area is 159 Å². The first-order valence-electron chi connectivity index (χ1n) is 9.81. The van der Waals surface area contributed by atoms with E-state index in [0.717, 1.165) is 0 Å². The molecule has 3 rings (SSSR count). The van der Waals surface area contributed by atoms with Gasteiger partial charge in [0.15, 0.2) is 0 Å². The lowest BCUT2D eigenvalue weighted by Crippen LogP contribution is -1.88. The van der Waals surface area contributed by atoms with Gasteiger partial charge in [0.1, 0.15) is 0 Å². The Kier molecular flexibility index (Phi) is 11.1. The summed E-state index contributed by atoms with van der Waals surface area (Å²) >= 11 is 0. The van der Waals surface area contributed by atoms with Crippen molar-refractivity contribution in [2.75, 3.05) is 6.61 Å². The van der Waals surface area contributed by atoms with Crippen LogP contribution in [0.3, 0.4) is 0 Å². The number of esters is 1. The summed E-state index contributed by atoms with van der Waals surface area (Å²) in [5, 5.41) is 2.72. The average Bonchev–Trinajstić information content (AvgIpc) is 3.03. The van der Waals surface area contributed by atoms with E-state index in [0.29, 0.717) is 18.9 Å². The van der Waals surface area contributed by atoms with Gasteiger partial charge in [0.05, 0.1) is 13.0 Å². The molecule has 2 heteroatoms. The molecule has 0 N–H and O–H groups in total. The van der Waals surface area contributed by atoms with Crippen molar-refractivity contribution in [2.24, 2.45) is 5.92 Å².